The van der Waals surface area contributed by atoms with E-state index in [-0.39, 0.29) is 6.04 Å². The maximum atomic E-state index is 4.55. The summed E-state index contributed by atoms with van der Waals surface area (Å²) in [6.45, 7) is 1.92. The fourth-order valence-electron chi connectivity index (χ4n) is 2.60. The van der Waals surface area contributed by atoms with Crippen molar-refractivity contribution in [3.05, 3.63) is 71.8 Å². The molecule has 1 aromatic heterocycles. The van der Waals surface area contributed by atoms with E-state index < -0.39 is 0 Å². The lowest BCUT2D eigenvalue weighted by Crippen LogP contribution is -2.19. The van der Waals surface area contributed by atoms with Crippen LogP contribution in [0.2, 0.25) is 0 Å². The van der Waals surface area contributed by atoms with E-state index in [9.17, 15) is 0 Å². The molecule has 0 amide bonds. The van der Waals surface area contributed by atoms with E-state index in [0.29, 0.717) is 0 Å². The van der Waals surface area contributed by atoms with Crippen LogP contribution in [-0.2, 0) is 0 Å². The van der Waals surface area contributed by atoms with Crippen molar-refractivity contribution < 1.29 is 0 Å². The quantitative estimate of drug-likeness (QED) is 0.788. The van der Waals surface area contributed by atoms with E-state index in [2.05, 4.69) is 57.7 Å². The third-order valence-electron chi connectivity index (χ3n) is 3.52. The average molecular weight is 263 g/mol. The standard InChI is InChI=1S/C17H17N3/c1-12-19-11-10-16(20-12)17(18-2)15-9-5-7-13-6-3-4-8-14(13)15/h3-11,17-18H,1-2H3. The molecule has 1 unspecified atom stereocenters. The summed E-state index contributed by atoms with van der Waals surface area (Å²) in [5.74, 6) is 0.794. The second-order valence-electron chi connectivity index (χ2n) is 4.82. The second-order valence-corrected chi connectivity index (χ2v) is 4.82. The Morgan fingerprint density at radius 3 is 2.60 bits per heavy atom. The highest BCUT2D eigenvalue weighted by atomic mass is 14.9. The van der Waals surface area contributed by atoms with Crippen molar-refractivity contribution >= 4 is 10.8 Å². The van der Waals surface area contributed by atoms with Crippen LogP contribution < -0.4 is 5.32 Å². The van der Waals surface area contributed by atoms with Gasteiger partial charge in [-0.15, -0.1) is 0 Å². The Morgan fingerprint density at radius 2 is 1.80 bits per heavy atom. The first-order valence-electron chi connectivity index (χ1n) is 6.74. The number of fused-ring (bicyclic) bond motifs is 1. The third-order valence-corrected chi connectivity index (χ3v) is 3.52. The number of hydrogen-bond acceptors (Lipinski definition) is 3. The summed E-state index contributed by atoms with van der Waals surface area (Å²) in [5, 5.41) is 5.87. The van der Waals surface area contributed by atoms with E-state index in [1.54, 1.807) is 0 Å². The van der Waals surface area contributed by atoms with E-state index in [1.165, 1.54) is 16.3 Å². The number of aromatic nitrogens is 2. The first-order valence-corrected chi connectivity index (χ1v) is 6.74. The van der Waals surface area contributed by atoms with Gasteiger partial charge in [0.05, 0.1) is 11.7 Å². The monoisotopic (exact) mass is 263 g/mol. The Kier molecular flexibility index (Phi) is 3.44. The number of hydrogen-bond donors (Lipinski definition) is 1. The molecule has 1 N–H and O–H groups in total. The van der Waals surface area contributed by atoms with Crippen LogP contribution in [0.15, 0.2) is 54.7 Å². The van der Waals surface area contributed by atoms with Crippen molar-refractivity contribution in [2.45, 2.75) is 13.0 Å². The molecule has 0 saturated carbocycles. The normalized spacial score (nSPS) is 12.5. The summed E-state index contributed by atoms with van der Waals surface area (Å²) in [6, 6.07) is 16.9. The lowest BCUT2D eigenvalue weighted by Gasteiger charge is -2.18. The molecule has 100 valence electrons. The Morgan fingerprint density at radius 1 is 1.00 bits per heavy atom. The Labute approximate surface area is 118 Å². The van der Waals surface area contributed by atoms with Gasteiger partial charge in [0.1, 0.15) is 5.82 Å². The highest BCUT2D eigenvalue weighted by Gasteiger charge is 2.16. The molecule has 0 radical (unpaired) electrons. The molecule has 20 heavy (non-hydrogen) atoms. The predicted molar refractivity (Wildman–Crippen MR) is 81.6 cm³/mol. The van der Waals surface area contributed by atoms with Crippen molar-refractivity contribution in [3.8, 4) is 0 Å². The van der Waals surface area contributed by atoms with Crippen molar-refractivity contribution in [1.29, 1.82) is 0 Å². The van der Waals surface area contributed by atoms with Crippen LogP contribution in [-0.4, -0.2) is 17.0 Å². The van der Waals surface area contributed by atoms with E-state index in [1.807, 2.05) is 26.2 Å². The molecule has 0 fully saturated rings. The molecule has 0 aliphatic carbocycles. The van der Waals surface area contributed by atoms with Gasteiger partial charge in [0.2, 0.25) is 0 Å². The van der Waals surface area contributed by atoms with Gasteiger partial charge in [0.25, 0.3) is 0 Å². The molecule has 0 aliphatic heterocycles. The summed E-state index contributed by atoms with van der Waals surface area (Å²) in [7, 11) is 1.96. The zero-order valence-electron chi connectivity index (χ0n) is 11.7. The minimum absolute atomic E-state index is 0.0720. The van der Waals surface area contributed by atoms with Gasteiger partial charge in [0.15, 0.2) is 0 Å². The summed E-state index contributed by atoms with van der Waals surface area (Å²) < 4.78 is 0. The molecule has 3 aromatic rings. The molecule has 3 nitrogen and oxygen atoms in total. The van der Waals surface area contributed by atoms with Crippen LogP contribution in [0.25, 0.3) is 10.8 Å². The van der Waals surface area contributed by atoms with E-state index in [4.69, 9.17) is 0 Å². The first kappa shape index (κ1) is 12.8. The molecule has 2 aromatic carbocycles. The molecular weight excluding hydrogens is 246 g/mol. The fraction of sp³-hybridized carbons (Fsp3) is 0.176. The maximum absolute atomic E-state index is 4.55. The summed E-state index contributed by atoms with van der Waals surface area (Å²) in [4.78, 5) is 8.73. The number of benzene rings is 2. The number of nitrogens with zero attached hydrogens (tertiary/aromatic N) is 2. The van der Waals surface area contributed by atoms with Crippen molar-refractivity contribution in [1.82, 2.24) is 15.3 Å². The Bertz CT molecular complexity index is 732. The van der Waals surface area contributed by atoms with Gasteiger partial charge in [-0.3, -0.25) is 0 Å². The Hall–Kier alpha value is -2.26. The van der Waals surface area contributed by atoms with Crippen LogP contribution in [0, 0.1) is 6.92 Å². The summed E-state index contributed by atoms with van der Waals surface area (Å²) in [6.07, 6.45) is 1.81. The highest BCUT2D eigenvalue weighted by Crippen LogP contribution is 2.27. The minimum atomic E-state index is 0.0720. The molecule has 0 bridgehead atoms. The number of aryl methyl sites for hydroxylation is 1. The van der Waals surface area contributed by atoms with Crippen LogP contribution in [0.4, 0.5) is 0 Å². The average Bonchev–Trinajstić information content (AvgIpc) is 2.48. The van der Waals surface area contributed by atoms with Gasteiger partial charge in [-0.05, 0) is 36.4 Å². The molecule has 3 heteroatoms. The zero-order chi connectivity index (χ0) is 13.9. The van der Waals surface area contributed by atoms with Gasteiger partial charge in [-0.2, -0.15) is 0 Å². The first-order chi connectivity index (χ1) is 9.79. The molecule has 0 spiro atoms. The van der Waals surface area contributed by atoms with Gasteiger partial charge >= 0.3 is 0 Å². The van der Waals surface area contributed by atoms with Crippen molar-refractivity contribution in [2.75, 3.05) is 7.05 Å². The van der Waals surface area contributed by atoms with Crippen LogP contribution >= 0.6 is 0 Å². The van der Waals surface area contributed by atoms with Gasteiger partial charge < -0.3 is 5.32 Å². The number of nitrogens with one attached hydrogen (secondary N) is 1. The summed E-state index contributed by atoms with van der Waals surface area (Å²) in [5.41, 5.74) is 2.24. The van der Waals surface area contributed by atoms with Gasteiger partial charge in [-0.1, -0.05) is 42.5 Å². The highest BCUT2D eigenvalue weighted by molar-refractivity contribution is 5.86. The fourth-order valence-corrected chi connectivity index (χ4v) is 2.60. The molecule has 3 rings (SSSR count). The zero-order valence-corrected chi connectivity index (χ0v) is 11.7. The third kappa shape index (κ3) is 2.28. The molecule has 0 saturated heterocycles. The SMILES string of the molecule is CNC(c1ccnc(C)n1)c1cccc2ccccc12. The van der Waals surface area contributed by atoms with Crippen LogP contribution in [0.1, 0.15) is 23.1 Å². The lowest BCUT2D eigenvalue weighted by molar-refractivity contribution is 0.669. The smallest absolute Gasteiger partial charge is 0.125 e. The molecule has 1 atom stereocenters. The topological polar surface area (TPSA) is 37.8 Å². The largest absolute Gasteiger partial charge is 0.308 e. The van der Waals surface area contributed by atoms with Crippen molar-refractivity contribution in [3.63, 3.8) is 0 Å². The molecular formula is C17H17N3. The predicted octanol–water partition coefficient (Wildman–Crippen LogP) is 3.25. The van der Waals surface area contributed by atoms with E-state index in [0.717, 1.165) is 11.5 Å². The molecule has 0 aliphatic rings. The maximum Gasteiger partial charge on any atom is 0.125 e. The van der Waals surface area contributed by atoms with E-state index >= 15 is 0 Å². The van der Waals surface area contributed by atoms with Crippen LogP contribution in [0.5, 0.6) is 0 Å². The minimum Gasteiger partial charge on any atom is -0.308 e. The van der Waals surface area contributed by atoms with Gasteiger partial charge in [-0.25, -0.2) is 9.97 Å². The Balaban J connectivity index is 2.17. The van der Waals surface area contributed by atoms with Crippen LogP contribution in [0.3, 0.4) is 0 Å². The second kappa shape index (κ2) is 5.39. The summed E-state index contributed by atoms with van der Waals surface area (Å²) >= 11 is 0. The lowest BCUT2D eigenvalue weighted by atomic mass is 9.96. The number of rotatable bonds is 3. The van der Waals surface area contributed by atoms with Gasteiger partial charge in [0, 0.05) is 6.20 Å². The molecule has 1 heterocycles. The van der Waals surface area contributed by atoms with Crippen molar-refractivity contribution in [2.24, 2.45) is 0 Å².